The molecule has 3 heterocycles. The minimum Gasteiger partial charge on any atom is -0.394 e. The molecule has 0 radical (unpaired) electrons. The standard InChI is InChI=1S/C40H44ClN3O5/c1-6-21-42(24-28-16-10-8-11-17-28)36(46)32-33-37(47)44(31(25-45)29-18-12-9-13-19-29)35(40(33)23-27(4)39(32,5)49-40)38(48)43(22-7-2)34-26(3)15-14-20-30(34)41/h6-20,27,31-33,35,45H,1-2,21-25H2,3-5H3/t27?,31-,32-,33+,35?,39+,40?/m1/s1. The number of amides is 3. The number of hydrogen-bond acceptors (Lipinski definition) is 5. The maximum atomic E-state index is 15.3. The number of likely N-dealkylation sites (tertiary alicyclic amines) is 1. The highest BCUT2D eigenvalue weighted by molar-refractivity contribution is 6.34. The van der Waals surface area contributed by atoms with E-state index in [1.807, 2.05) is 93.6 Å². The lowest BCUT2D eigenvalue weighted by Crippen LogP contribution is -2.58. The zero-order chi connectivity index (χ0) is 35.1. The number of hydrogen-bond donors (Lipinski definition) is 1. The highest BCUT2D eigenvalue weighted by atomic mass is 35.5. The molecule has 1 N–H and O–H groups in total. The first-order valence-corrected chi connectivity index (χ1v) is 17.2. The number of fused-ring (bicyclic) bond motifs is 1. The molecule has 3 amide bonds. The van der Waals surface area contributed by atoms with E-state index in [4.69, 9.17) is 16.3 Å². The van der Waals surface area contributed by atoms with Crippen LogP contribution >= 0.6 is 11.6 Å². The van der Waals surface area contributed by atoms with Gasteiger partial charge in [0.1, 0.15) is 11.6 Å². The minimum atomic E-state index is -1.34. The van der Waals surface area contributed by atoms with Crippen LogP contribution in [0.25, 0.3) is 0 Å². The molecular weight excluding hydrogens is 638 g/mol. The van der Waals surface area contributed by atoms with Crippen LogP contribution in [0.15, 0.2) is 104 Å². The SMILES string of the molecule is C=CCN(Cc1ccccc1)C(=O)[C@H]1[C@H]2C(=O)N([C@H](CO)c3ccccc3)C(C(=O)N(CC=C)c3c(C)cccc3Cl)C23CC(C)[C@]1(C)O3. The van der Waals surface area contributed by atoms with Crippen LogP contribution in [0.1, 0.15) is 43.0 Å². The predicted octanol–water partition coefficient (Wildman–Crippen LogP) is 6.13. The van der Waals surface area contributed by atoms with Crippen molar-refractivity contribution in [1.29, 1.82) is 0 Å². The highest BCUT2D eigenvalue weighted by Gasteiger charge is 2.80. The Morgan fingerprint density at radius 1 is 1.02 bits per heavy atom. The van der Waals surface area contributed by atoms with Crippen molar-refractivity contribution in [3.63, 3.8) is 0 Å². The largest absolute Gasteiger partial charge is 0.394 e. The Bertz CT molecular complexity index is 1730. The second-order valence-electron chi connectivity index (χ2n) is 13.7. The number of nitrogens with zero attached hydrogens (tertiary/aromatic N) is 3. The molecule has 0 saturated carbocycles. The van der Waals surface area contributed by atoms with Crippen molar-refractivity contribution in [2.24, 2.45) is 17.8 Å². The maximum Gasteiger partial charge on any atom is 0.253 e. The first-order valence-electron chi connectivity index (χ1n) is 16.8. The highest BCUT2D eigenvalue weighted by Crippen LogP contribution is 2.66. The van der Waals surface area contributed by atoms with Crippen molar-refractivity contribution in [1.82, 2.24) is 9.80 Å². The summed E-state index contributed by atoms with van der Waals surface area (Å²) in [6, 6.07) is 22.3. The van der Waals surface area contributed by atoms with Gasteiger partial charge in [0, 0.05) is 19.6 Å². The van der Waals surface area contributed by atoms with Crippen LogP contribution in [0.2, 0.25) is 5.02 Å². The number of benzene rings is 3. The Balaban J connectivity index is 1.52. The Labute approximate surface area is 293 Å². The molecule has 256 valence electrons. The molecule has 0 aromatic heterocycles. The number of ether oxygens (including phenoxy) is 1. The summed E-state index contributed by atoms with van der Waals surface area (Å²) in [7, 11) is 0. The van der Waals surface area contributed by atoms with Gasteiger partial charge in [0.05, 0.1) is 40.8 Å². The number of carbonyl (C=O) groups excluding carboxylic acids is 3. The normalized spacial score (nSPS) is 27.4. The average molecular weight is 682 g/mol. The number of anilines is 1. The molecule has 3 saturated heterocycles. The number of aryl methyl sites for hydroxylation is 1. The lowest BCUT2D eigenvalue weighted by atomic mass is 9.62. The molecule has 49 heavy (non-hydrogen) atoms. The van der Waals surface area contributed by atoms with E-state index in [1.54, 1.807) is 28.0 Å². The van der Waals surface area contributed by atoms with E-state index in [-0.39, 0.29) is 30.8 Å². The summed E-state index contributed by atoms with van der Waals surface area (Å²) in [6.45, 7) is 13.9. The molecule has 3 aromatic carbocycles. The van der Waals surface area contributed by atoms with Gasteiger partial charge in [0.2, 0.25) is 11.8 Å². The number of carbonyl (C=O) groups is 3. The van der Waals surface area contributed by atoms with E-state index in [2.05, 4.69) is 13.2 Å². The molecule has 3 aliphatic rings. The molecule has 8 nitrogen and oxygen atoms in total. The Morgan fingerprint density at radius 3 is 2.29 bits per heavy atom. The number of halogens is 1. The van der Waals surface area contributed by atoms with Gasteiger partial charge >= 0.3 is 0 Å². The third-order valence-electron chi connectivity index (χ3n) is 10.9. The Kier molecular flexibility index (Phi) is 9.59. The van der Waals surface area contributed by atoms with E-state index in [1.165, 1.54) is 4.90 Å². The number of aliphatic hydroxyl groups is 1. The molecular formula is C40H44ClN3O5. The maximum absolute atomic E-state index is 15.3. The third kappa shape index (κ3) is 5.60. The van der Waals surface area contributed by atoms with Gasteiger partial charge in [-0.05, 0) is 48.9 Å². The monoisotopic (exact) mass is 681 g/mol. The van der Waals surface area contributed by atoms with Gasteiger partial charge < -0.3 is 24.5 Å². The molecule has 9 heteroatoms. The number of para-hydroxylation sites is 1. The minimum absolute atomic E-state index is 0.122. The van der Waals surface area contributed by atoms with Gasteiger partial charge in [0.15, 0.2) is 0 Å². The molecule has 3 aromatic rings. The van der Waals surface area contributed by atoms with Crippen molar-refractivity contribution < 1.29 is 24.2 Å². The summed E-state index contributed by atoms with van der Waals surface area (Å²) < 4.78 is 7.06. The van der Waals surface area contributed by atoms with Crippen LogP contribution in [-0.4, -0.2) is 69.6 Å². The predicted molar refractivity (Wildman–Crippen MR) is 191 cm³/mol. The quantitative estimate of drug-likeness (QED) is 0.233. The topological polar surface area (TPSA) is 90.4 Å². The fourth-order valence-corrected chi connectivity index (χ4v) is 8.94. The van der Waals surface area contributed by atoms with Crippen LogP contribution in [0, 0.1) is 24.7 Å². The van der Waals surface area contributed by atoms with Gasteiger partial charge in [-0.25, -0.2) is 0 Å². The first-order chi connectivity index (χ1) is 23.5. The third-order valence-corrected chi connectivity index (χ3v) is 11.2. The summed E-state index contributed by atoms with van der Waals surface area (Å²) in [5.41, 5.74) is 0.545. The number of rotatable bonds is 12. The summed E-state index contributed by atoms with van der Waals surface area (Å²) in [5.74, 6) is -3.02. The zero-order valence-electron chi connectivity index (χ0n) is 28.3. The van der Waals surface area contributed by atoms with E-state index >= 15 is 9.59 Å². The molecule has 1 spiro atoms. The van der Waals surface area contributed by atoms with Crippen molar-refractivity contribution in [3.8, 4) is 0 Å². The summed E-state index contributed by atoms with van der Waals surface area (Å²) in [4.78, 5) is 50.1. The second-order valence-corrected chi connectivity index (χ2v) is 14.1. The van der Waals surface area contributed by atoms with Crippen molar-refractivity contribution >= 4 is 35.0 Å². The van der Waals surface area contributed by atoms with Gasteiger partial charge in [-0.15, -0.1) is 13.2 Å². The number of aliphatic hydroxyl groups excluding tert-OH is 1. The summed E-state index contributed by atoms with van der Waals surface area (Å²) >= 11 is 6.75. The lowest BCUT2D eigenvalue weighted by molar-refractivity contribution is -0.154. The van der Waals surface area contributed by atoms with Crippen LogP contribution in [0.5, 0.6) is 0 Å². The molecule has 3 aliphatic heterocycles. The molecule has 3 unspecified atom stereocenters. The fraction of sp³-hybridized carbons (Fsp3) is 0.375. The smallest absolute Gasteiger partial charge is 0.253 e. The first kappa shape index (κ1) is 34.6. The van der Waals surface area contributed by atoms with Gasteiger partial charge in [-0.1, -0.05) is 103 Å². The molecule has 7 atom stereocenters. The van der Waals surface area contributed by atoms with Crippen LogP contribution < -0.4 is 4.90 Å². The fourth-order valence-electron chi connectivity index (χ4n) is 8.62. The van der Waals surface area contributed by atoms with Crippen molar-refractivity contribution in [2.45, 2.75) is 57.0 Å². The van der Waals surface area contributed by atoms with Crippen molar-refractivity contribution in [3.05, 3.63) is 126 Å². The van der Waals surface area contributed by atoms with Crippen LogP contribution in [-0.2, 0) is 25.7 Å². The molecule has 6 rings (SSSR count). The zero-order valence-corrected chi connectivity index (χ0v) is 29.1. The molecule has 2 bridgehead atoms. The van der Waals surface area contributed by atoms with Crippen molar-refractivity contribution in [2.75, 3.05) is 24.6 Å². The second kappa shape index (κ2) is 13.6. The average Bonchev–Trinajstić information content (AvgIpc) is 3.61. The van der Waals surface area contributed by atoms with E-state index < -0.39 is 47.6 Å². The summed E-state index contributed by atoms with van der Waals surface area (Å²) in [5, 5.41) is 11.3. The molecule has 0 aliphatic carbocycles. The summed E-state index contributed by atoms with van der Waals surface area (Å²) in [6.07, 6.45) is 3.69. The van der Waals surface area contributed by atoms with E-state index in [9.17, 15) is 9.90 Å². The van der Waals surface area contributed by atoms with Gasteiger partial charge in [-0.3, -0.25) is 14.4 Å². The Morgan fingerprint density at radius 2 is 1.67 bits per heavy atom. The van der Waals surface area contributed by atoms with Crippen LogP contribution in [0.3, 0.4) is 0 Å². The molecule has 3 fully saturated rings. The van der Waals surface area contributed by atoms with Gasteiger partial charge in [0.25, 0.3) is 5.91 Å². The van der Waals surface area contributed by atoms with Crippen LogP contribution in [0.4, 0.5) is 5.69 Å². The van der Waals surface area contributed by atoms with E-state index in [0.717, 1.165) is 11.1 Å². The van der Waals surface area contributed by atoms with Gasteiger partial charge in [-0.2, -0.15) is 0 Å². The Hall–Kier alpha value is -4.24. The van der Waals surface area contributed by atoms with E-state index in [0.29, 0.717) is 29.2 Å². The lowest BCUT2D eigenvalue weighted by Gasteiger charge is -2.40.